The number of hydrogen-bond acceptors (Lipinski definition) is 3. The molecule has 6 nitrogen and oxygen atoms in total. The zero-order valence-electron chi connectivity index (χ0n) is 14.6. The highest BCUT2D eigenvalue weighted by molar-refractivity contribution is 6.31. The van der Waals surface area contributed by atoms with Crippen LogP contribution in [0, 0.1) is 0 Å². The lowest BCUT2D eigenvalue weighted by atomic mass is 10.1. The number of nitrogens with one attached hydrogen (secondary N) is 1. The highest BCUT2D eigenvalue weighted by Crippen LogP contribution is 2.22. The van der Waals surface area contributed by atoms with Crippen molar-refractivity contribution in [1.82, 2.24) is 20.0 Å². The predicted molar refractivity (Wildman–Crippen MR) is 97.7 cm³/mol. The summed E-state index contributed by atoms with van der Waals surface area (Å²) in [6.45, 7) is 1.49. The van der Waals surface area contributed by atoms with Crippen molar-refractivity contribution in [2.45, 2.75) is 13.0 Å². The van der Waals surface area contributed by atoms with Crippen LogP contribution >= 0.6 is 11.6 Å². The molecule has 0 aliphatic heterocycles. The minimum absolute atomic E-state index is 0.717. The average Bonchev–Trinajstić information content (AvgIpc) is 2.97. The number of guanidine groups is 1. The molecule has 0 fully saturated rings. The Bertz CT molecular complexity index is 698. The van der Waals surface area contributed by atoms with Crippen molar-refractivity contribution in [3.8, 4) is 5.75 Å². The SMILES string of the molecule is CN=C(NCCc1ccc(OC)cc1Cl)N(C)Cc1cnn(C)c1. The number of halogens is 1. The molecular formula is C17H24ClN5O. The molecule has 0 saturated heterocycles. The van der Waals surface area contributed by atoms with Crippen LogP contribution in [0.5, 0.6) is 5.75 Å². The Hall–Kier alpha value is -2.21. The van der Waals surface area contributed by atoms with Gasteiger partial charge in [0.2, 0.25) is 0 Å². The first-order valence-corrected chi connectivity index (χ1v) is 8.13. The van der Waals surface area contributed by atoms with Crippen LogP contribution in [0.3, 0.4) is 0 Å². The van der Waals surface area contributed by atoms with Gasteiger partial charge in [0.05, 0.1) is 13.3 Å². The monoisotopic (exact) mass is 349 g/mol. The number of methoxy groups -OCH3 is 1. The maximum atomic E-state index is 6.27. The molecule has 0 aliphatic carbocycles. The summed E-state index contributed by atoms with van der Waals surface area (Å²) in [7, 11) is 7.33. The largest absolute Gasteiger partial charge is 0.497 e. The molecule has 2 aromatic rings. The van der Waals surface area contributed by atoms with Crippen LogP contribution in [0.25, 0.3) is 0 Å². The Morgan fingerprint density at radius 1 is 1.46 bits per heavy atom. The number of hydrogen-bond donors (Lipinski definition) is 1. The van der Waals surface area contributed by atoms with Crippen molar-refractivity contribution < 1.29 is 4.74 Å². The van der Waals surface area contributed by atoms with E-state index in [0.29, 0.717) is 0 Å². The number of aliphatic imine (C=N–C) groups is 1. The lowest BCUT2D eigenvalue weighted by molar-refractivity contribution is 0.414. The third-order valence-corrected chi connectivity index (χ3v) is 4.04. The molecule has 1 aromatic heterocycles. The Morgan fingerprint density at radius 2 is 2.25 bits per heavy atom. The maximum absolute atomic E-state index is 6.27. The van der Waals surface area contributed by atoms with Crippen molar-refractivity contribution in [3.05, 3.63) is 46.7 Å². The van der Waals surface area contributed by atoms with Gasteiger partial charge in [-0.25, -0.2) is 0 Å². The minimum atomic E-state index is 0.717. The summed E-state index contributed by atoms with van der Waals surface area (Å²) in [5.74, 6) is 1.60. The molecular weight excluding hydrogens is 326 g/mol. The first-order chi connectivity index (χ1) is 11.5. The summed E-state index contributed by atoms with van der Waals surface area (Å²) in [5.41, 5.74) is 2.22. The van der Waals surface area contributed by atoms with Gasteiger partial charge in [0.15, 0.2) is 5.96 Å². The Kier molecular flexibility index (Phi) is 6.49. The molecule has 24 heavy (non-hydrogen) atoms. The molecule has 1 heterocycles. The van der Waals surface area contributed by atoms with Gasteiger partial charge in [-0.15, -0.1) is 0 Å². The fourth-order valence-electron chi connectivity index (χ4n) is 2.45. The van der Waals surface area contributed by atoms with Gasteiger partial charge in [-0.3, -0.25) is 9.67 Å². The van der Waals surface area contributed by atoms with Crippen molar-refractivity contribution in [3.63, 3.8) is 0 Å². The molecule has 1 N–H and O–H groups in total. The quantitative estimate of drug-likeness (QED) is 0.642. The number of ether oxygens (including phenoxy) is 1. The molecule has 0 radical (unpaired) electrons. The molecule has 2 rings (SSSR count). The van der Waals surface area contributed by atoms with Crippen LogP contribution in [0.15, 0.2) is 35.6 Å². The van der Waals surface area contributed by atoms with Gasteiger partial charge in [-0.05, 0) is 24.1 Å². The fourth-order valence-corrected chi connectivity index (χ4v) is 2.72. The van der Waals surface area contributed by atoms with Crippen LogP contribution in [0.2, 0.25) is 5.02 Å². The molecule has 0 saturated carbocycles. The average molecular weight is 350 g/mol. The highest BCUT2D eigenvalue weighted by Gasteiger charge is 2.08. The molecule has 1 aromatic carbocycles. The topological polar surface area (TPSA) is 54.7 Å². The normalized spacial score (nSPS) is 11.5. The summed E-state index contributed by atoms with van der Waals surface area (Å²) in [5, 5.41) is 8.26. The van der Waals surface area contributed by atoms with Crippen molar-refractivity contribution >= 4 is 17.6 Å². The van der Waals surface area contributed by atoms with Crippen molar-refractivity contribution in [2.24, 2.45) is 12.0 Å². The van der Waals surface area contributed by atoms with E-state index >= 15 is 0 Å². The van der Waals surface area contributed by atoms with E-state index in [0.717, 1.165) is 47.4 Å². The van der Waals surface area contributed by atoms with Crippen LogP contribution < -0.4 is 10.1 Å². The Labute approximate surface area is 148 Å². The highest BCUT2D eigenvalue weighted by atomic mass is 35.5. The van der Waals surface area contributed by atoms with E-state index in [1.807, 2.05) is 44.7 Å². The number of rotatable bonds is 6. The third-order valence-electron chi connectivity index (χ3n) is 3.69. The second kappa shape index (κ2) is 8.59. The molecule has 0 amide bonds. The van der Waals surface area contributed by atoms with Crippen LogP contribution in [-0.2, 0) is 20.0 Å². The smallest absolute Gasteiger partial charge is 0.193 e. The van der Waals surface area contributed by atoms with Gasteiger partial charge in [0.1, 0.15) is 5.75 Å². The van der Waals surface area contributed by atoms with Gasteiger partial charge in [-0.1, -0.05) is 17.7 Å². The second-order valence-corrected chi connectivity index (χ2v) is 5.97. The van der Waals surface area contributed by atoms with E-state index in [4.69, 9.17) is 16.3 Å². The Balaban J connectivity index is 1.87. The molecule has 0 aliphatic rings. The first-order valence-electron chi connectivity index (χ1n) is 7.75. The summed E-state index contributed by atoms with van der Waals surface area (Å²) >= 11 is 6.27. The van der Waals surface area contributed by atoms with E-state index in [9.17, 15) is 0 Å². The molecule has 0 spiro atoms. The lowest BCUT2D eigenvalue weighted by Crippen LogP contribution is -2.39. The molecule has 0 unspecified atom stereocenters. The Morgan fingerprint density at radius 3 is 2.83 bits per heavy atom. The number of aryl methyl sites for hydroxylation is 1. The van der Waals surface area contributed by atoms with Crippen molar-refractivity contribution in [1.29, 1.82) is 0 Å². The number of aromatic nitrogens is 2. The van der Waals surface area contributed by atoms with Gasteiger partial charge in [0.25, 0.3) is 0 Å². The molecule has 0 bridgehead atoms. The van der Waals surface area contributed by atoms with E-state index in [1.54, 1.807) is 18.8 Å². The van der Waals surface area contributed by atoms with Gasteiger partial charge in [0, 0.05) is 51.0 Å². The zero-order valence-corrected chi connectivity index (χ0v) is 15.3. The van der Waals surface area contributed by atoms with E-state index in [1.165, 1.54) is 0 Å². The number of nitrogens with zero attached hydrogens (tertiary/aromatic N) is 4. The minimum Gasteiger partial charge on any atom is -0.497 e. The number of benzene rings is 1. The van der Waals surface area contributed by atoms with E-state index in [2.05, 4.69) is 20.3 Å². The lowest BCUT2D eigenvalue weighted by Gasteiger charge is -2.21. The standard InChI is InChI=1S/C17H24ClN5O/c1-19-17(22(2)11-13-10-21-23(3)12-13)20-8-7-14-5-6-15(24-4)9-16(14)18/h5-6,9-10,12H,7-8,11H2,1-4H3,(H,19,20). The van der Waals surface area contributed by atoms with Gasteiger partial charge < -0.3 is 15.0 Å². The van der Waals surface area contributed by atoms with Crippen LogP contribution in [-0.4, -0.2) is 48.4 Å². The third kappa shape index (κ3) is 4.89. The summed E-state index contributed by atoms with van der Waals surface area (Å²) in [6.07, 6.45) is 4.67. The summed E-state index contributed by atoms with van der Waals surface area (Å²) < 4.78 is 6.96. The fraction of sp³-hybridized carbons (Fsp3) is 0.412. The summed E-state index contributed by atoms with van der Waals surface area (Å²) in [6, 6.07) is 5.75. The summed E-state index contributed by atoms with van der Waals surface area (Å²) in [4.78, 5) is 6.39. The van der Waals surface area contributed by atoms with E-state index in [-0.39, 0.29) is 0 Å². The van der Waals surface area contributed by atoms with Gasteiger partial charge >= 0.3 is 0 Å². The maximum Gasteiger partial charge on any atom is 0.193 e. The van der Waals surface area contributed by atoms with Gasteiger partial charge in [-0.2, -0.15) is 5.10 Å². The molecule has 130 valence electrons. The molecule has 7 heteroatoms. The van der Waals surface area contributed by atoms with E-state index < -0.39 is 0 Å². The molecule has 0 atom stereocenters. The van der Waals surface area contributed by atoms with Crippen LogP contribution in [0.1, 0.15) is 11.1 Å². The zero-order chi connectivity index (χ0) is 17.5. The second-order valence-electron chi connectivity index (χ2n) is 5.56. The predicted octanol–water partition coefficient (Wildman–Crippen LogP) is 2.33. The van der Waals surface area contributed by atoms with Crippen LogP contribution in [0.4, 0.5) is 0 Å². The van der Waals surface area contributed by atoms with Crippen molar-refractivity contribution in [2.75, 3.05) is 27.7 Å². The first kappa shape index (κ1) is 18.1.